The largest absolute Gasteiger partial charge is 0.457 e. The van der Waals surface area contributed by atoms with E-state index in [1.54, 1.807) is 36.4 Å². The lowest BCUT2D eigenvalue weighted by molar-refractivity contribution is 0.100. The standard InChI is InChI=1S/C24H22O7/c25-21(19-9-7-17-13-23(19)30-15-28-17)5-1-3-11-27-12-4-2-6-22(26)20-10-8-18-14-24(20)31-16-29-18/h7-10,13-14,21-22,25-26H,3-4,11-12,15-16H2/t21-,22-/m1/s1. The van der Waals surface area contributed by atoms with Crippen molar-refractivity contribution in [2.24, 2.45) is 0 Å². The number of benzene rings is 2. The Morgan fingerprint density at radius 2 is 1.23 bits per heavy atom. The smallest absolute Gasteiger partial charge is 0.230 e. The number of aliphatic hydroxyl groups is 2. The van der Waals surface area contributed by atoms with Crippen LogP contribution in [0.4, 0.5) is 0 Å². The number of aliphatic hydroxyl groups excluding tert-OH is 2. The van der Waals surface area contributed by atoms with Gasteiger partial charge in [-0.05, 0) is 24.3 Å². The van der Waals surface area contributed by atoms with E-state index in [2.05, 4.69) is 23.7 Å². The van der Waals surface area contributed by atoms with Crippen molar-refractivity contribution in [1.82, 2.24) is 0 Å². The summed E-state index contributed by atoms with van der Waals surface area (Å²) in [4.78, 5) is 0. The van der Waals surface area contributed by atoms with Crippen LogP contribution in [0.15, 0.2) is 36.4 Å². The van der Waals surface area contributed by atoms with Crippen molar-refractivity contribution < 1.29 is 33.9 Å². The first-order valence-electron chi connectivity index (χ1n) is 9.90. The quantitative estimate of drug-likeness (QED) is 0.547. The van der Waals surface area contributed by atoms with E-state index in [9.17, 15) is 10.2 Å². The van der Waals surface area contributed by atoms with Gasteiger partial charge >= 0.3 is 0 Å². The van der Waals surface area contributed by atoms with Crippen molar-refractivity contribution in [2.45, 2.75) is 25.0 Å². The molecule has 2 aromatic carbocycles. The molecule has 0 aromatic heterocycles. The summed E-state index contributed by atoms with van der Waals surface area (Å²) in [7, 11) is 0. The van der Waals surface area contributed by atoms with Crippen LogP contribution >= 0.6 is 0 Å². The average molecular weight is 422 g/mol. The zero-order valence-corrected chi connectivity index (χ0v) is 16.8. The molecule has 4 rings (SSSR count). The fourth-order valence-electron chi connectivity index (χ4n) is 3.07. The van der Waals surface area contributed by atoms with E-state index in [1.165, 1.54) is 0 Å². The number of fused-ring (bicyclic) bond motifs is 4. The number of ether oxygens (including phenoxy) is 5. The highest BCUT2D eigenvalue weighted by molar-refractivity contribution is 5.46. The molecule has 0 radical (unpaired) electrons. The van der Waals surface area contributed by atoms with Crippen LogP contribution in [0.3, 0.4) is 0 Å². The maximum absolute atomic E-state index is 10.2. The van der Waals surface area contributed by atoms with Gasteiger partial charge in [0.2, 0.25) is 13.6 Å². The molecule has 2 aromatic rings. The van der Waals surface area contributed by atoms with Gasteiger partial charge in [0.1, 0.15) is 35.2 Å². The SMILES string of the molecule is O[C@H](C#CCCOCCC#C[C@@H](O)c1ccc2cc1OCO2)c1ccc2cc1OCO2. The molecule has 160 valence electrons. The van der Waals surface area contributed by atoms with Crippen molar-refractivity contribution in [1.29, 1.82) is 0 Å². The second kappa shape index (κ2) is 10.1. The third-order valence-corrected chi connectivity index (χ3v) is 4.66. The highest BCUT2D eigenvalue weighted by atomic mass is 16.7. The minimum atomic E-state index is -0.927. The van der Waals surface area contributed by atoms with Gasteiger partial charge in [0, 0.05) is 36.1 Å². The van der Waals surface area contributed by atoms with E-state index in [-0.39, 0.29) is 13.6 Å². The molecule has 2 atom stereocenters. The average Bonchev–Trinajstić information content (AvgIpc) is 2.78. The lowest BCUT2D eigenvalue weighted by Crippen LogP contribution is -2.13. The molecule has 31 heavy (non-hydrogen) atoms. The zero-order valence-electron chi connectivity index (χ0n) is 16.8. The first kappa shape index (κ1) is 20.9. The molecule has 0 unspecified atom stereocenters. The maximum Gasteiger partial charge on any atom is 0.230 e. The van der Waals surface area contributed by atoms with Gasteiger partial charge in [-0.2, -0.15) is 0 Å². The zero-order chi connectivity index (χ0) is 21.5. The molecule has 0 saturated heterocycles. The predicted octanol–water partition coefficient (Wildman–Crippen LogP) is 2.71. The molecule has 0 spiro atoms. The normalized spacial score (nSPS) is 14.8. The topological polar surface area (TPSA) is 86.6 Å². The molecule has 7 nitrogen and oxygen atoms in total. The van der Waals surface area contributed by atoms with E-state index < -0.39 is 12.2 Å². The van der Waals surface area contributed by atoms with Crippen LogP contribution in [-0.4, -0.2) is 37.0 Å². The summed E-state index contributed by atoms with van der Waals surface area (Å²) >= 11 is 0. The van der Waals surface area contributed by atoms with Gasteiger partial charge in [0.25, 0.3) is 0 Å². The van der Waals surface area contributed by atoms with Gasteiger partial charge in [-0.1, -0.05) is 23.7 Å². The van der Waals surface area contributed by atoms with Crippen LogP contribution in [-0.2, 0) is 4.74 Å². The Labute approximate surface area is 180 Å². The van der Waals surface area contributed by atoms with Crippen LogP contribution < -0.4 is 18.9 Å². The van der Waals surface area contributed by atoms with Crippen LogP contribution in [0.1, 0.15) is 36.2 Å². The molecule has 2 aliphatic heterocycles. The first-order valence-corrected chi connectivity index (χ1v) is 9.90. The molecule has 2 N–H and O–H groups in total. The molecule has 2 aliphatic rings. The van der Waals surface area contributed by atoms with Crippen molar-refractivity contribution >= 4 is 0 Å². The van der Waals surface area contributed by atoms with Gasteiger partial charge in [0.05, 0.1) is 13.2 Å². The molecule has 0 amide bonds. The van der Waals surface area contributed by atoms with Crippen LogP contribution in [0.25, 0.3) is 0 Å². The molecule has 7 heteroatoms. The monoisotopic (exact) mass is 422 g/mol. The Hall–Kier alpha value is -3.36. The molecule has 4 bridgehead atoms. The Kier molecular flexibility index (Phi) is 6.81. The van der Waals surface area contributed by atoms with E-state index in [0.717, 1.165) is 0 Å². The second-order valence-electron chi connectivity index (χ2n) is 6.77. The van der Waals surface area contributed by atoms with Gasteiger partial charge < -0.3 is 33.9 Å². The summed E-state index contributed by atoms with van der Waals surface area (Å²) in [5.41, 5.74) is 1.24. The fourth-order valence-corrected chi connectivity index (χ4v) is 3.07. The van der Waals surface area contributed by atoms with Crippen molar-refractivity contribution in [2.75, 3.05) is 26.8 Å². The predicted molar refractivity (Wildman–Crippen MR) is 111 cm³/mol. The van der Waals surface area contributed by atoms with Crippen LogP contribution in [0, 0.1) is 23.7 Å². The van der Waals surface area contributed by atoms with E-state index in [0.29, 0.717) is 60.2 Å². The summed E-state index contributed by atoms with van der Waals surface area (Å²) in [6.07, 6.45) is -0.882. The fraction of sp³-hybridized carbons (Fsp3) is 0.333. The molecular formula is C24H22O7. The Balaban J connectivity index is 1.15. The minimum absolute atomic E-state index is 0.138. The highest BCUT2D eigenvalue weighted by Gasteiger charge is 2.17. The molecule has 0 aliphatic carbocycles. The van der Waals surface area contributed by atoms with Gasteiger partial charge in [-0.15, -0.1) is 0 Å². The third-order valence-electron chi connectivity index (χ3n) is 4.66. The molecule has 0 fully saturated rings. The van der Waals surface area contributed by atoms with Crippen LogP contribution in [0.5, 0.6) is 23.0 Å². The summed E-state index contributed by atoms with van der Waals surface area (Å²) in [6.45, 7) is 1.14. The summed E-state index contributed by atoms with van der Waals surface area (Å²) in [6, 6.07) is 10.5. The Bertz CT molecular complexity index is 958. The molecule has 0 saturated carbocycles. The van der Waals surface area contributed by atoms with Gasteiger partial charge in [0.15, 0.2) is 0 Å². The lowest BCUT2D eigenvalue weighted by atomic mass is 10.1. The van der Waals surface area contributed by atoms with Gasteiger partial charge in [-0.3, -0.25) is 0 Å². The van der Waals surface area contributed by atoms with Crippen molar-refractivity contribution in [3.8, 4) is 46.7 Å². The lowest BCUT2D eigenvalue weighted by Gasteiger charge is -2.19. The van der Waals surface area contributed by atoms with Crippen molar-refractivity contribution in [3.63, 3.8) is 0 Å². The van der Waals surface area contributed by atoms with E-state index >= 15 is 0 Å². The summed E-state index contributed by atoms with van der Waals surface area (Å²) < 4.78 is 26.7. The second-order valence-corrected chi connectivity index (χ2v) is 6.77. The number of rotatable bonds is 6. The Morgan fingerprint density at radius 1 is 0.742 bits per heavy atom. The van der Waals surface area contributed by atoms with Gasteiger partial charge in [-0.25, -0.2) is 0 Å². The maximum atomic E-state index is 10.2. The van der Waals surface area contributed by atoms with E-state index in [1.807, 2.05) is 0 Å². The minimum Gasteiger partial charge on any atom is -0.457 e. The third kappa shape index (κ3) is 5.42. The summed E-state index contributed by atoms with van der Waals surface area (Å²) in [5, 5.41) is 20.5. The summed E-state index contributed by atoms with van der Waals surface area (Å²) in [5.74, 6) is 14.0. The highest BCUT2D eigenvalue weighted by Crippen LogP contribution is 2.33. The van der Waals surface area contributed by atoms with Crippen molar-refractivity contribution in [3.05, 3.63) is 47.5 Å². The molecular weight excluding hydrogens is 400 g/mol. The Morgan fingerprint density at radius 3 is 1.71 bits per heavy atom. The van der Waals surface area contributed by atoms with E-state index in [4.69, 9.17) is 23.7 Å². The van der Waals surface area contributed by atoms with Crippen LogP contribution in [0.2, 0.25) is 0 Å². The number of hydrogen-bond donors (Lipinski definition) is 2. The molecule has 2 heterocycles. The number of hydrogen-bond acceptors (Lipinski definition) is 7. The first-order chi connectivity index (χ1) is 15.2.